The van der Waals surface area contributed by atoms with Gasteiger partial charge in [0, 0.05) is 25.1 Å². The van der Waals surface area contributed by atoms with Crippen molar-refractivity contribution in [1.29, 1.82) is 0 Å². The van der Waals surface area contributed by atoms with Gasteiger partial charge in [-0.25, -0.2) is 4.68 Å². The number of anilines is 1. The molecule has 2 amide bonds. The number of methoxy groups -OCH3 is 1. The van der Waals surface area contributed by atoms with E-state index in [1.165, 1.54) is 7.11 Å². The summed E-state index contributed by atoms with van der Waals surface area (Å²) in [6.07, 6.45) is 0.818. The predicted octanol–water partition coefficient (Wildman–Crippen LogP) is 3.94. The molecule has 31 heavy (non-hydrogen) atoms. The van der Waals surface area contributed by atoms with Crippen molar-refractivity contribution in [2.24, 2.45) is 5.92 Å². The van der Waals surface area contributed by atoms with E-state index < -0.39 is 0 Å². The first-order valence-electron chi connectivity index (χ1n) is 10.8. The van der Waals surface area contributed by atoms with Crippen molar-refractivity contribution < 1.29 is 14.3 Å². The van der Waals surface area contributed by atoms with Crippen LogP contribution < -0.4 is 5.32 Å². The van der Waals surface area contributed by atoms with Crippen molar-refractivity contribution in [1.82, 2.24) is 14.7 Å². The number of nitrogens with one attached hydrogen (secondary N) is 1. The van der Waals surface area contributed by atoms with Gasteiger partial charge in [-0.15, -0.1) is 0 Å². The van der Waals surface area contributed by atoms with Crippen LogP contribution in [0.15, 0.2) is 30.3 Å². The highest BCUT2D eigenvalue weighted by Gasteiger charge is 2.23. The number of carbonyl (C=O) groups excluding carboxylic acids is 2. The maximum absolute atomic E-state index is 12.9. The Balaban J connectivity index is 2.27. The highest BCUT2D eigenvalue weighted by atomic mass is 16.5. The molecule has 7 heteroatoms. The van der Waals surface area contributed by atoms with E-state index in [4.69, 9.17) is 9.84 Å². The smallest absolute Gasteiger partial charge is 0.249 e. The van der Waals surface area contributed by atoms with Crippen LogP contribution in [0.1, 0.15) is 52.3 Å². The van der Waals surface area contributed by atoms with Gasteiger partial charge in [0.1, 0.15) is 12.4 Å². The molecule has 0 bridgehead atoms. The molecule has 0 aliphatic rings. The maximum Gasteiger partial charge on any atom is 0.249 e. The van der Waals surface area contributed by atoms with Gasteiger partial charge >= 0.3 is 0 Å². The van der Waals surface area contributed by atoms with E-state index in [-0.39, 0.29) is 30.4 Å². The molecular weight excluding hydrogens is 392 g/mol. The molecule has 1 N–H and O–H groups in total. The van der Waals surface area contributed by atoms with Crippen LogP contribution >= 0.6 is 0 Å². The van der Waals surface area contributed by atoms with Crippen LogP contribution in [0.4, 0.5) is 5.82 Å². The van der Waals surface area contributed by atoms with Gasteiger partial charge in [0.25, 0.3) is 0 Å². The Morgan fingerprint density at radius 1 is 1.23 bits per heavy atom. The fourth-order valence-corrected chi connectivity index (χ4v) is 3.07. The van der Waals surface area contributed by atoms with E-state index in [0.717, 1.165) is 23.4 Å². The molecule has 0 aliphatic carbocycles. The minimum absolute atomic E-state index is 0.0290. The average Bonchev–Trinajstić information content (AvgIpc) is 3.09. The second-order valence-corrected chi connectivity index (χ2v) is 9.39. The van der Waals surface area contributed by atoms with Gasteiger partial charge < -0.3 is 15.0 Å². The fraction of sp³-hybridized carbons (Fsp3) is 0.542. The first kappa shape index (κ1) is 24.6. The molecule has 0 atom stereocenters. The summed E-state index contributed by atoms with van der Waals surface area (Å²) in [6.45, 7) is 12.9. The van der Waals surface area contributed by atoms with Crippen LogP contribution in [0.3, 0.4) is 0 Å². The second kappa shape index (κ2) is 10.6. The third-order valence-electron chi connectivity index (χ3n) is 4.92. The van der Waals surface area contributed by atoms with Crippen LogP contribution in [-0.4, -0.2) is 53.3 Å². The van der Waals surface area contributed by atoms with Crippen molar-refractivity contribution in [3.8, 4) is 5.69 Å². The molecule has 170 valence electrons. The summed E-state index contributed by atoms with van der Waals surface area (Å²) in [6, 6.07) is 9.86. The molecule has 0 radical (unpaired) electrons. The van der Waals surface area contributed by atoms with E-state index in [2.05, 4.69) is 39.9 Å². The molecule has 0 fully saturated rings. The summed E-state index contributed by atoms with van der Waals surface area (Å²) < 4.78 is 6.73. The lowest BCUT2D eigenvalue weighted by Gasteiger charge is -2.23. The second-order valence-electron chi connectivity index (χ2n) is 9.39. The van der Waals surface area contributed by atoms with E-state index in [1.54, 1.807) is 9.58 Å². The molecule has 1 aromatic heterocycles. The standard InChI is InChI=1S/C24H36N4O3/c1-17(2)11-12-27(23(30)16-31-7)15-22(29)25-21-14-20(24(4,5)6)26-28(21)19-10-8-9-18(3)13-19/h8-10,13-14,17H,11-12,15-16H2,1-7H3,(H,25,29). The molecule has 2 aromatic rings. The quantitative estimate of drug-likeness (QED) is 0.656. The zero-order chi connectivity index (χ0) is 23.2. The van der Waals surface area contributed by atoms with Crippen molar-refractivity contribution in [3.05, 3.63) is 41.6 Å². The van der Waals surface area contributed by atoms with E-state index in [0.29, 0.717) is 18.3 Å². The lowest BCUT2D eigenvalue weighted by molar-refractivity contribution is -0.138. The zero-order valence-electron chi connectivity index (χ0n) is 19.9. The van der Waals surface area contributed by atoms with Crippen molar-refractivity contribution >= 4 is 17.6 Å². The van der Waals surface area contributed by atoms with E-state index in [1.807, 2.05) is 37.3 Å². The number of amides is 2. The predicted molar refractivity (Wildman–Crippen MR) is 124 cm³/mol. The molecule has 0 unspecified atom stereocenters. The third-order valence-corrected chi connectivity index (χ3v) is 4.92. The summed E-state index contributed by atoms with van der Waals surface area (Å²) in [7, 11) is 1.48. The van der Waals surface area contributed by atoms with Gasteiger partial charge in [-0.3, -0.25) is 9.59 Å². The SMILES string of the molecule is COCC(=O)N(CCC(C)C)CC(=O)Nc1cc(C(C)(C)C)nn1-c1cccc(C)c1. The Morgan fingerprint density at radius 2 is 1.94 bits per heavy atom. The summed E-state index contributed by atoms with van der Waals surface area (Å²) >= 11 is 0. The summed E-state index contributed by atoms with van der Waals surface area (Å²) in [5, 5.41) is 7.71. The van der Waals surface area contributed by atoms with Crippen LogP contribution in [-0.2, 0) is 19.7 Å². The van der Waals surface area contributed by atoms with Crippen molar-refractivity contribution in [2.75, 3.05) is 32.1 Å². The Morgan fingerprint density at radius 3 is 2.52 bits per heavy atom. The minimum atomic E-state index is -0.262. The fourth-order valence-electron chi connectivity index (χ4n) is 3.07. The number of benzene rings is 1. The molecule has 0 aliphatic heterocycles. The largest absolute Gasteiger partial charge is 0.375 e. The van der Waals surface area contributed by atoms with Gasteiger partial charge in [-0.1, -0.05) is 46.8 Å². The highest BCUT2D eigenvalue weighted by Crippen LogP contribution is 2.26. The molecule has 2 rings (SSSR count). The van der Waals surface area contributed by atoms with Gasteiger partial charge in [0.15, 0.2) is 0 Å². The summed E-state index contributed by atoms with van der Waals surface area (Å²) in [4.78, 5) is 26.9. The molecule has 0 spiro atoms. The topological polar surface area (TPSA) is 76.5 Å². The molecule has 1 aromatic carbocycles. The number of hydrogen-bond donors (Lipinski definition) is 1. The average molecular weight is 429 g/mol. The van der Waals surface area contributed by atoms with Crippen molar-refractivity contribution in [2.45, 2.75) is 53.4 Å². The normalized spacial score (nSPS) is 11.6. The number of aromatic nitrogens is 2. The van der Waals surface area contributed by atoms with E-state index >= 15 is 0 Å². The monoisotopic (exact) mass is 428 g/mol. The first-order chi connectivity index (χ1) is 14.5. The van der Waals surface area contributed by atoms with Gasteiger partial charge in [-0.2, -0.15) is 5.10 Å². The first-order valence-corrected chi connectivity index (χ1v) is 10.8. The molecule has 7 nitrogen and oxygen atoms in total. The highest BCUT2D eigenvalue weighted by molar-refractivity contribution is 5.94. The van der Waals surface area contributed by atoms with Crippen LogP contribution in [0, 0.1) is 12.8 Å². The summed E-state index contributed by atoms with van der Waals surface area (Å²) in [5.74, 6) is 0.560. The maximum atomic E-state index is 12.9. The van der Waals surface area contributed by atoms with Crippen molar-refractivity contribution in [3.63, 3.8) is 0 Å². The lowest BCUT2D eigenvalue weighted by Crippen LogP contribution is -2.41. The Hall–Kier alpha value is -2.67. The van der Waals surface area contributed by atoms with Gasteiger partial charge in [0.2, 0.25) is 11.8 Å². The molecule has 1 heterocycles. The number of aryl methyl sites for hydroxylation is 1. The Kier molecular flexibility index (Phi) is 8.39. The number of rotatable bonds is 9. The zero-order valence-corrected chi connectivity index (χ0v) is 19.9. The Bertz CT molecular complexity index is 896. The van der Waals surface area contributed by atoms with Crippen LogP contribution in [0.25, 0.3) is 5.69 Å². The number of carbonyl (C=O) groups is 2. The third kappa shape index (κ3) is 7.21. The lowest BCUT2D eigenvalue weighted by atomic mass is 9.92. The number of nitrogens with zero attached hydrogens (tertiary/aromatic N) is 3. The van der Waals surface area contributed by atoms with Gasteiger partial charge in [0.05, 0.1) is 17.9 Å². The molecule has 0 saturated carbocycles. The summed E-state index contributed by atoms with van der Waals surface area (Å²) in [5.41, 5.74) is 2.67. The number of hydrogen-bond acceptors (Lipinski definition) is 4. The van der Waals surface area contributed by atoms with E-state index in [9.17, 15) is 9.59 Å². The minimum Gasteiger partial charge on any atom is -0.375 e. The Labute approximate surface area is 185 Å². The van der Waals surface area contributed by atoms with Crippen LogP contribution in [0.5, 0.6) is 0 Å². The van der Waals surface area contributed by atoms with Gasteiger partial charge in [-0.05, 0) is 37.0 Å². The molecule has 0 saturated heterocycles. The van der Waals surface area contributed by atoms with Crippen LogP contribution in [0.2, 0.25) is 0 Å². The molecular formula is C24H36N4O3. The number of ether oxygens (including phenoxy) is 1.